The molecule has 0 saturated carbocycles. The lowest BCUT2D eigenvalue weighted by Crippen LogP contribution is -2.54. The van der Waals surface area contributed by atoms with Gasteiger partial charge in [0.1, 0.15) is 12.1 Å². The molecule has 0 bridgehead atoms. The first-order chi connectivity index (χ1) is 21.3. The lowest BCUT2D eigenvalue weighted by atomic mass is 10.0. The number of nitrogens with one attached hydrogen (secondary N) is 2. The summed E-state index contributed by atoms with van der Waals surface area (Å²) in [5.74, 6) is -1.24. The molecule has 1 saturated heterocycles. The molecule has 3 N–H and O–H groups in total. The molecule has 0 spiro atoms. The highest BCUT2D eigenvalue weighted by atomic mass is 35.5. The Labute approximate surface area is 258 Å². The van der Waals surface area contributed by atoms with Crippen LogP contribution in [-0.2, 0) is 22.6 Å². The molecule has 11 heteroatoms. The summed E-state index contributed by atoms with van der Waals surface area (Å²) in [6.45, 7) is 0.235. The van der Waals surface area contributed by atoms with Crippen molar-refractivity contribution in [1.29, 1.82) is 0 Å². The highest BCUT2D eigenvalue weighted by Gasteiger charge is 2.41. The number of likely N-dealkylation sites (tertiary alicyclic amines) is 1. The number of benzene rings is 3. The van der Waals surface area contributed by atoms with Gasteiger partial charge in [-0.25, -0.2) is 0 Å². The maximum absolute atomic E-state index is 13.9. The Morgan fingerprint density at radius 1 is 1.05 bits per heavy atom. The standard InChI is InChI=1S/C33H31ClN6O4/c1-39(18-21-6-2-4-8-25(21)34)33(44)29(15-22-17-37-26-9-5-3-7-24(22)26)38-31(42)30-16-23(41)19-40(30)32(43)20-10-11-27-28(14-20)36-13-12-35-27/h2-14,17,23,29-30,37,41H,15-16,18-19H2,1H3,(H,38,42). The second-order valence-corrected chi connectivity index (χ2v) is 11.4. The molecule has 1 aliphatic rings. The molecule has 1 fully saturated rings. The van der Waals surface area contributed by atoms with Gasteiger partial charge in [-0.15, -0.1) is 0 Å². The van der Waals surface area contributed by atoms with E-state index in [1.54, 1.807) is 43.7 Å². The van der Waals surface area contributed by atoms with E-state index in [0.717, 1.165) is 22.0 Å². The highest BCUT2D eigenvalue weighted by molar-refractivity contribution is 6.31. The first kappa shape index (κ1) is 29.3. The number of rotatable bonds is 8. The van der Waals surface area contributed by atoms with Crippen LogP contribution in [0.1, 0.15) is 27.9 Å². The third-order valence-corrected chi connectivity index (χ3v) is 8.38. The molecule has 2 aromatic heterocycles. The van der Waals surface area contributed by atoms with Gasteiger partial charge in [-0.1, -0.05) is 48.0 Å². The predicted molar refractivity (Wildman–Crippen MR) is 167 cm³/mol. The number of carbonyl (C=O) groups excluding carboxylic acids is 3. The van der Waals surface area contributed by atoms with E-state index >= 15 is 0 Å². The fourth-order valence-corrected chi connectivity index (χ4v) is 5.96. The number of hydrogen-bond donors (Lipinski definition) is 3. The Bertz CT molecular complexity index is 1860. The van der Waals surface area contributed by atoms with Crippen molar-refractivity contribution < 1.29 is 19.5 Å². The molecule has 0 aliphatic carbocycles. The zero-order chi connectivity index (χ0) is 30.8. The number of aromatic amines is 1. The van der Waals surface area contributed by atoms with E-state index < -0.39 is 30.0 Å². The summed E-state index contributed by atoms with van der Waals surface area (Å²) < 4.78 is 0. The van der Waals surface area contributed by atoms with Gasteiger partial charge in [0.25, 0.3) is 5.91 Å². The second kappa shape index (κ2) is 12.4. The Morgan fingerprint density at radius 2 is 1.80 bits per heavy atom. The van der Waals surface area contributed by atoms with Gasteiger partial charge >= 0.3 is 0 Å². The predicted octanol–water partition coefficient (Wildman–Crippen LogP) is 3.73. The third kappa shape index (κ3) is 5.99. The molecule has 1 aliphatic heterocycles. The quantitative estimate of drug-likeness (QED) is 0.245. The van der Waals surface area contributed by atoms with Gasteiger partial charge in [-0.05, 0) is 41.5 Å². The summed E-state index contributed by atoms with van der Waals surface area (Å²) in [4.78, 5) is 56.0. The van der Waals surface area contributed by atoms with Crippen molar-refractivity contribution in [1.82, 2.24) is 30.1 Å². The van der Waals surface area contributed by atoms with Crippen molar-refractivity contribution in [2.24, 2.45) is 0 Å². The summed E-state index contributed by atoms with van der Waals surface area (Å²) >= 11 is 6.37. The molecule has 5 aromatic rings. The minimum absolute atomic E-state index is 0.0110. The first-order valence-electron chi connectivity index (χ1n) is 14.3. The molecular formula is C33H31ClN6O4. The van der Waals surface area contributed by atoms with Crippen molar-refractivity contribution in [2.75, 3.05) is 13.6 Å². The van der Waals surface area contributed by atoms with Gasteiger partial charge in [0, 0.05) is 73.1 Å². The summed E-state index contributed by atoms with van der Waals surface area (Å²) in [5.41, 5.74) is 4.07. The van der Waals surface area contributed by atoms with Crippen LogP contribution in [0.15, 0.2) is 85.3 Å². The van der Waals surface area contributed by atoms with Crippen molar-refractivity contribution in [3.8, 4) is 0 Å². The monoisotopic (exact) mass is 610 g/mol. The van der Waals surface area contributed by atoms with Crippen LogP contribution in [0.5, 0.6) is 0 Å². The number of β-amino-alcohol motifs (C(OH)–C–C–N with tert-alkyl or cyclic N) is 1. The number of aliphatic hydroxyl groups excluding tert-OH is 1. The summed E-state index contributed by atoms with van der Waals surface area (Å²) in [6, 6.07) is 18.1. The number of aliphatic hydroxyl groups is 1. The Hall–Kier alpha value is -4.80. The summed E-state index contributed by atoms with van der Waals surface area (Å²) in [5, 5.41) is 15.0. The number of likely N-dealkylation sites (N-methyl/N-ethyl adjacent to an activating group) is 1. The van der Waals surface area contributed by atoms with Crippen molar-refractivity contribution in [2.45, 2.75) is 37.6 Å². The van der Waals surface area contributed by atoms with Gasteiger partial charge < -0.3 is 25.2 Å². The van der Waals surface area contributed by atoms with Gasteiger partial charge in [0.05, 0.1) is 17.1 Å². The molecular weight excluding hydrogens is 580 g/mol. The number of para-hydroxylation sites is 1. The van der Waals surface area contributed by atoms with Crippen LogP contribution in [0, 0.1) is 0 Å². The molecule has 3 amide bonds. The molecule has 224 valence electrons. The Kier molecular flexibility index (Phi) is 8.28. The van der Waals surface area contributed by atoms with E-state index in [-0.39, 0.29) is 31.8 Å². The van der Waals surface area contributed by atoms with Crippen LogP contribution in [0.25, 0.3) is 21.9 Å². The number of nitrogens with zero attached hydrogens (tertiary/aromatic N) is 4. The number of hydrogen-bond acceptors (Lipinski definition) is 6. The topological polar surface area (TPSA) is 132 Å². The Morgan fingerprint density at radius 3 is 2.61 bits per heavy atom. The fraction of sp³-hybridized carbons (Fsp3) is 0.242. The first-order valence-corrected chi connectivity index (χ1v) is 14.7. The average Bonchev–Trinajstić information content (AvgIpc) is 3.64. The van der Waals surface area contributed by atoms with Crippen molar-refractivity contribution >= 4 is 51.3 Å². The normalized spacial score (nSPS) is 17.1. The van der Waals surface area contributed by atoms with Gasteiger partial charge in [0.15, 0.2) is 0 Å². The van der Waals surface area contributed by atoms with Crippen LogP contribution in [0.4, 0.5) is 0 Å². The van der Waals surface area contributed by atoms with Gasteiger partial charge in [0.2, 0.25) is 11.8 Å². The number of halogens is 1. The molecule has 44 heavy (non-hydrogen) atoms. The number of fused-ring (bicyclic) bond motifs is 2. The SMILES string of the molecule is CN(Cc1ccccc1Cl)C(=O)C(Cc1c[nH]c2ccccc12)NC(=O)C1CC(O)CN1C(=O)c1ccc2nccnc2c1. The van der Waals surface area contributed by atoms with E-state index in [0.29, 0.717) is 21.6 Å². The number of H-pyrrole nitrogens is 1. The molecule has 3 aromatic carbocycles. The van der Waals surface area contributed by atoms with E-state index in [1.807, 2.05) is 48.7 Å². The largest absolute Gasteiger partial charge is 0.391 e. The minimum Gasteiger partial charge on any atom is -0.391 e. The lowest BCUT2D eigenvalue weighted by molar-refractivity contribution is -0.136. The van der Waals surface area contributed by atoms with Crippen LogP contribution in [0.2, 0.25) is 5.02 Å². The van der Waals surface area contributed by atoms with E-state index in [1.165, 1.54) is 9.80 Å². The average molecular weight is 611 g/mol. The van der Waals surface area contributed by atoms with Crippen LogP contribution < -0.4 is 5.32 Å². The maximum Gasteiger partial charge on any atom is 0.254 e. The Balaban J connectivity index is 1.26. The zero-order valence-electron chi connectivity index (χ0n) is 24.0. The van der Waals surface area contributed by atoms with E-state index in [9.17, 15) is 19.5 Å². The van der Waals surface area contributed by atoms with Crippen LogP contribution in [-0.4, -0.2) is 79.4 Å². The number of carbonyl (C=O) groups is 3. The van der Waals surface area contributed by atoms with E-state index in [4.69, 9.17) is 11.6 Å². The minimum atomic E-state index is -0.970. The summed E-state index contributed by atoms with van der Waals surface area (Å²) in [7, 11) is 1.66. The van der Waals surface area contributed by atoms with Crippen LogP contribution in [0.3, 0.4) is 0 Å². The van der Waals surface area contributed by atoms with E-state index in [2.05, 4.69) is 20.3 Å². The fourth-order valence-electron chi connectivity index (χ4n) is 5.76. The van der Waals surface area contributed by atoms with Crippen molar-refractivity contribution in [3.05, 3.63) is 107 Å². The molecule has 0 radical (unpaired) electrons. The van der Waals surface area contributed by atoms with Crippen molar-refractivity contribution in [3.63, 3.8) is 0 Å². The molecule has 10 nitrogen and oxygen atoms in total. The zero-order valence-corrected chi connectivity index (χ0v) is 24.7. The molecule has 3 heterocycles. The summed E-state index contributed by atoms with van der Waals surface area (Å²) in [6.07, 6.45) is 4.33. The van der Waals surface area contributed by atoms with Crippen LogP contribution >= 0.6 is 11.6 Å². The molecule has 6 rings (SSSR count). The van der Waals surface area contributed by atoms with Gasteiger partial charge in [-0.2, -0.15) is 0 Å². The lowest BCUT2D eigenvalue weighted by Gasteiger charge is -2.28. The smallest absolute Gasteiger partial charge is 0.254 e. The number of aromatic nitrogens is 3. The second-order valence-electron chi connectivity index (χ2n) is 11.0. The molecule has 3 atom stereocenters. The maximum atomic E-state index is 13.9. The van der Waals surface area contributed by atoms with Gasteiger partial charge in [-0.3, -0.25) is 24.4 Å². The third-order valence-electron chi connectivity index (χ3n) is 8.01. The number of amides is 3. The highest BCUT2D eigenvalue weighted by Crippen LogP contribution is 2.24. The molecule has 3 unspecified atom stereocenters.